The van der Waals surface area contributed by atoms with E-state index in [1.165, 1.54) is 0 Å². The molecule has 3 saturated heterocycles. The van der Waals surface area contributed by atoms with Gasteiger partial charge in [-0.1, -0.05) is 0 Å². The van der Waals surface area contributed by atoms with Crippen LogP contribution in [0.4, 0.5) is 0 Å². The second-order valence-corrected chi connectivity index (χ2v) is 5.99. The standard InChI is InChI=1S/C14H25N3O2/c18-14(9-12-1-3-15-10-12)17-4-2-13(11-17)16-5-7-19-8-6-16/h12-13,15H,1-11H2. The van der Waals surface area contributed by atoms with E-state index in [0.717, 1.165) is 71.7 Å². The molecule has 0 aliphatic carbocycles. The van der Waals surface area contributed by atoms with Gasteiger partial charge in [-0.3, -0.25) is 9.69 Å². The molecule has 108 valence electrons. The van der Waals surface area contributed by atoms with Gasteiger partial charge in [-0.15, -0.1) is 0 Å². The van der Waals surface area contributed by atoms with Crippen LogP contribution in [0.5, 0.6) is 0 Å². The maximum absolute atomic E-state index is 12.3. The summed E-state index contributed by atoms with van der Waals surface area (Å²) in [6.45, 7) is 7.72. The van der Waals surface area contributed by atoms with Crippen LogP contribution in [-0.2, 0) is 9.53 Å². The van der Waals surface area contributed by atoms with Crippen LogP contribution in [0, 0.1) is 5.92 Å². The first-order valence-corrected chi connectivity index (χ1v) is 7.63. The van der Waals surface area contributed by atoms with Gasteiger partial charge in [0, 0.05) is 38.6 Å². The van der Waals surface area contributed by atoms with Crippen LogP contribution in [0.25, 0.3) is 0 Å². The molecule has 3 fully saturated rings. The zero-order valence-electron chi connectivity index (χ0n) is 11.6. The van der Waals surface area contributed by atoms with Crippen LogP contribution >= 0.6 is 0 Å². The van der Waals surface area contributed by atoms with Crippen LogP contribution in [0.2, 0.25) is 0 Å². The number of morpholine rings is 1. The summed E-state index contributed by atoms with van der Waals surface area (Å²) in [6, 6.07) is 0.564. The molecule has 0 saturated carbocycles. The van der Waals surface area contributed by atoms with Crippen molar-refractivity contribution in [3.05, 3.63) is 0 Å². The first-order valence-electron chi connectivity index (χ1n) is 7.63. The van der Waals surface area contributed by atoms with Gasteiger partial charge in [0.15, 0.2) is 0 Å². The molecule has 19 heavy (non-hydrogen) atoms. The third kappa shape index (κ3) is 3.27. The molecule has 1 amide bonds. The summed E-state index contributed by atoms with van der Waals surface area (Å²) in [6.07, 6.45) is 3.03. The number of carbonyl (C=O) groups excluding carboxylic acids is 1. The fourth-order valence-electron chi connectivity index (χ4n) is 3.47. The molecule has 0 bridgehead atoms. The number of hydrogen-bond acceptors (Lipinski definition) is 4. The topological polar surface area (TPSA) is 44.8 Å². The Morgan fingerprint density at radius 3 is 2.79 bits per heavy atom. The Labute approximate surface area is 115 Å². The molecule has 1 N–H and O–H groups in total. The van der Waals surface area contributed by atoms with Crippen molar-refractivity contribution in [3.63, 3.8) is 0 Å². The molecule has 5 nitrogen and oxygen atoms in total. The summed E-state index contributed by atoms with van der Waals surface area (Å²) in [4.78, 5) is 16.9. The van der Waals surface area contributed by atoms with Crippen molar-refractivity contribution in [3.8, 4) is 0 Å². The minimum Gasteiger partial charge on any atom is -0.379 e. The van der Waals surface area contributed by atoms with Gasteiger partial charge in [-0.25, -0.2) is 0 Å². The second kappa shape index (κ2) is 6.20. The maximum Gasteiger partial charge on any atom is 0.222 e. The monoisotopic (exact) mass is 267 g/mol. The highest BCUT2D eigenvalue weighted by Crippen LogP contribution is 2.20. The summed E-state index contributed by atoms with van der Waals surface area (Å²) in [5, 5.41) is 3.34. The number of likely N-dealkylation sites (tertiary alicyclic amines) is 1. The van der Waals surface area contributed by atoms with Crippen LogP contribution in [-0.4, -0.2) is 74.2 Å². The Morgan fingerprint density at radius 2 is 2.05 bits per heavy atom. The van der Waals surface area contributed by atoms with Crippen molar-refractivity contribution in [1.82, 2.24) is 15.1 Å². The molecule has 0 spiro atoms. The molecule has 0 radical (unpaired) electrons. The van der Waals surface area contributed by atoms with Gasteiger partial charge >= 0.3 is 0 Å². The van der Waals surface area contributed by atoms with E-state index in [1.807, 2.05) is 0 Å². The molecule has 3 aliphatic rings. The maximum atomic E-state index is 12.3. The van der Waals surface area contributed by atoms with Gasteiger partial charge in [0.25, 0.3) is 0 Å². The number of nitrogens with zero attached hydrogens (tertiary/aromatic N) is 2. The normalized spacial score (nSPS) is 32.9. The molecule has 2 unspecified atom stereocenters. The SMILES string of the molecule is O=C(CC1CCNC1)N1CCC(N2CCOCC2)C1. The minimum atomic E-state index is 0.365. The molecular formula is C14H25N3O2. The molecule has 5 heteroatoms. The highest BCUT2D eigenvalue weighted by molar-refractivity contribution is 5.76. The van der Waals surface area contributed by atoms with Crippen molar-refractivity contribution in [1.29, 1.82) is 0 Å². The van der Waals surface area contributed by atoms with E-state index in [-0.39, 0.29) is 0 Å². The second-order valence-electron chi connectivity index (χ2n) is 5.99. The van der Waals surface area contributed by atoms with Gasteiger partial charge in [-0.05, 0) is 31.8 Å². The molecule has 0 aromatic heterocycles. The Morgan fingerprint density at radius 1 is 1.21 bits per heavy atom. The van der Waals surface area contributed by atoms with E-state index >= 15 is 0 Å². The molecule has 0 aromatic carbocycles. The van der Waals surface area contributed by atoms with Crippen LogP contribution in [0.15, 0.2) is 0 Å². The van der Waals surface area contributed by atoms with Gasteiger partial charge in [0.1, 0.15) is 0 Å². The highest BCUT2D eigenvalue weighted by atomic mass is 16.5. The van der Waals surface area contributed by atoms with Crippen LogP contribution in [0.3, 0.4) is 0 Å². The van der Waals surface area contributed by atoms with Gasteiger partial charge in [0.2, 0.25) is 5.91 Å². The number of rotatable bonds is 3. The van der Waals surface area contributed by atoms with Gasteiger partial charge in [-0.2, -0.15) is 0 Å². The Bertz CT molecular complexity index is 312. The van der Waals surface area contributed by atoms with E-state index < -0.39 is 0 Å². The quantitative estimate of drug-likeness (QED) is 0.777. The number of nitrogens with one attached hydrogen (secondary N) is 1. The number of carbonyl (C=O) groups is 1. The number of ether oxygens (including phenoxy) is 1. The molecule has 3 heterocycles. The summed E-state index contributed by atoms with van der Waals surface area (Å²) < 4.78 is 5.39. The Balaban J connectivity index is 1.46. The molecule has 3 rings (SSSR count). The smallest absolute Gasteiger partial charge is 0.222 e. The lowest BCUT2D eigenvalue weighted by Gasteiger charge is -2.32. The molecule has 2 atom stereocenters. The summed E-state index contributed by atoms with van der Waals surface area (Å²) in [5.74, 6) is 0.930. The predicted octanol–water partition coefficient (Wildman–Crippen LogP) is -0.0809. The zero-order valence-corrected chi connectivity index (χ0v) is 11.6. The average molecular weight is 267 g/mol. The fourth-order valence-corrected chi connectivity index (χ4v) is 3.47. The van der Waals surface area contributed by atoms with Crippen molar-refractivity contribution >= 4 is 5.91 Å². The third-order valence-corrected chi connectivity index (χ3v) is 4.70. The molecular weight excluding hydrogens is 242 g/mol. The van der Waals surface area contributed by atoms with Crippen molar-refractivity contribution in [2.45, 2.75) is 25.3 Å². The van der Waals surface area contributed by atoms with E-state index in [2.05, 4.69) is 15.1 Å². The van der Waals surface area contributed by atoms with Crippen molar-refractivity contribution < 1.29 is 9.53 Å². The van der Waals surface area contributed by atoms with E-state index in [0.29, 0.717) is 17.9 Å². The lowest BCUT2D eigenvalue weighted by Crippen LogP contribution is -2.45. The number of amides is 1. The Hall–Kier alpha value is -0.650. The third-order valence-electron chi connectivity index (χ3n) is 4.70. The lowest BCUT2D eigenvalue weighted by atomic mass is 10.0. The van der Waals surface area contributed by atoms with Crippen molar-refractivity contribution in [2.24, 2.45) is 5.92 Å². The predicted molar refractivity (Wildman–Crippen MR) is 73.0 cm³/mol. The van der Waals surface area contributed by atoms with Crippen LogP contribution < -0.4 is 5.32 Å². The average Bonchev–Trinajstić information content (AvgIpc) is 3.10. The summed E-state index contributed by atoms with van der Waals surface area (Å²) >= 11 is 0. The molecule has 0 aromatic rings. The Kier molecular flexibility index (Phi) is 4.35. The largest absolute Gasteiger partial charge is 0.379 e. The van der Waals surface area contributed by atoms with Crippen LogP contribution in [0.1, 0.15) is 19.3 Å². The summed E-state index contributed by atoms with van der Waals surface area (Å²) in [5.41, 5.74) is 0. The zero-order chi connectivity index (χ0) is 13.1. The lowest BCUT2D eigenvalue weighted by molar-refractivity contribution is -0.131. The summed E-state index contributed by atoms with van der Waals surface area (Å²) in [7, 11) is 0. The minimum absolute atomic E-state index is 0.365. The highest BCUT2D eigenvalue weighted by Gasteiger charge is 2.32. The van der Waals surface area contributed by atoms with E-state index in [9.17, 15) is 4.79 Å². The van der Waals surface area contributed by atoms with E-state index in [1.54, 1.807) is 0 Å². The first kappa shape index (κ1) is 13.3. The number of hydrogen-bond donors (Lipinski definition) is 1. The van der Waals surface area contributed by atoms with Gasteiger partial charge in [0.05, 0.1) is 13.2 Å². The molecule has 3 aliphatic heterocycles. The fraction of sp³-hybridized carbons (Fsp3) is 0.929. The first-order chi connectivity index (χ1) is 9.33. The van der Waals surface area contributed by atoms with Crippen molar-refractivity contribution in [2.75, 3.05) is 52.5 Å². The van der Waals surface area contributed by atoms with Gasteiger partial charge < -0.3 is 15.0 Å². The van der Waals surface area contributed by atoms with E-state index in [4.69, 9.17) is 4.74 Å².